The van der Waals surface area contributed by atoms with Crippen LogP contribution in [0.1, 0.15) is 20.8 Å². The van der Waals surface area contributed by atoms with Gasteiger partial charge < -0.3 is 10.1 Å². The van der Waals surface area contributed by atoms with Crippen LogP contribution in [0.25, 0.3) is 0 Å². The smallest absolute Gasteiger partial charge is 0.413 e. The van der Waals surface area contributed by atoms with Gasteiger partial charge in [0.1, 0.15) is 0 Å². The third-order valence-corrected chi connectivity index (χ3v) is 1.66. The molecule has 0 fully saturated rings. The Kier molecular flexibility index (Phi) is 4.06. The molecule has 0 aliphatic carbocycles. The van der Waals surface area contributed by atoms with Crippen molar-refractivity contribution in [1.82, 2.24) is 15.0 Å². The molecule has 1 rings (SSSR count). The zero-order chi connectivity index (χ0) is 13.1. The first-order valence-corrected chi connectivity index (χ1v) is 5.23. The fraction of sp³-hybridized carbons (Fsp3) is 0.556. The minimum atomic E-state index is -0.672. The Morgan fingerprint density at radius 2 is 1.82 bits per heavy atom. The summed E-state index contributed by atoms with van der Waals surface area (Å²) in [4.78, 5) is 22.6. The predicted molar refractivity (Wildman–Crippen MR) is 64.2 cm³/mol. The molecule has 0 atom stereocenters. The van der Waals surface area contributed by atoms with Crippen molar-refractivity contribution >= 4 is 29.6 Å². The summed E-state index contributed by atoms with van der Waals surface area (Å²) < 4.78 is 4.42. The van der Waals surface area contributed by atoms with Crippen LogP contribution in [0.2, 0.25) is 5.28 Å². The first-order chi connectivity index (χ1) is 7.80. The zero-order valence-corrected chi connectivity index (χ0v) is 10.8. The predicted octanol–water partition coefficient (Wildman–Crippen LogP) is 1.91. The summed E-state index contributed by atoms with van der Waals surface area (Å²) in [6.45, 7) is 5.83. The Balaban J connectivity index is 2.90. The minimum absolute atomic E-state index is 0.0156. The molecule has 7 nitrogen and oxygen atoms in total. The van der Waals surface area contributed by atoms with E-state index in [0.717, 1.165) is 0 Å². The van der Waals surface area contributed by atoms with Gasteiger partial charge in [0.2, 0.25) is 17.2 Å². The van der Waals surface area contributed by atoms with Crippen LogP contribution in [0.3, 0.4) is 0 Å². The highest BCUT2D eigenvalue weighted by Gasteiger charge is 2.14. The van der Waals surface area contributed by atoms with Crippen LogP contribution in [0.4, 0.5) is 16.7 Å². The van der Waals surface area contributed by atoms with Gasteiger partial charge in [-0.25, -0.2) is 4.79 Å². The highest BCUT2D eigenvalue weighted by Crippen LogP contribution is 2.14. The maximum atomic E-state index is 11.0. The van der Waals surface area contributed by atoms with Gasteiger partial charge in [-0.15, -0.1) is 0 Å². The molecule has 0 aliphatic rings. The molecular weight excluding hydrogens is 246 g/mol. The van der Waals surface area contributed by atoms with Gasteiger partial charge in [0, 0.05) is 5.54 Å². The van der Waals surface area contributed by atoms with Gasteiger partial charge in [0.15, 0.2) is 0 Å². The summed E-state index contributed by atoms with van der Waals surface area (Å²) in [5.74, 6) is 0.313. The van der Waals surface area contributed by atoms with Crippen molar-refractivity contribution in [1.29, 1.82) is 0 Å². The molecular formula is C9H14ClN5O2. The van der Waals surface area contributed by atoms with Crippen LogP contribution < -0.4 is 10.6 Å². The Hall–Kier alpha value is -1.63. The second kappa shape index (κ2) is 5.13. The van der Waals surface area contributed by atoms with Crippen LogP contribution in [0.5, 0.6) is 0 Å². The van der Waals surface area contributed by atoms with E-state index in [9.17, 15) is 4.79 Å². The van der Waals surface area contributed by atoms with Crippen molar-refractivity contribution < 1.29 is 9.53 Å². The number of nitrogens with one attached hydrogen (secondary N) is 2. The number of amides is 1. The maximum absolute atomic E-state index is 11.0. The first-order valence-electron chi connectivity index (χ1n) is 4.85. The van der Waals surface area contributed by atoms with Crippen molar-refractivity contribution in [3.8, 4) is 0 Å². The van der Waals surface area contributed by atoms with Crippen LogP contribution in [0, 0.1) is 0 Å². The molecule has 17 heavy (non-hydrogen) atoms. The van der Waals surface area contributed by atoms with Gasteiger partial charge in [-0.3, -0.25) is 5.32 Å². The molecule has 0 aliphatic heterocycles. The number of ether oxygens (including phenoxy) is 1. The molecule has 2 N–H and O–H groups in total. The Morgan fingerprint density at radius 1 is 1.24 bits per heavy atom. The second-order valence-electron chi connectivity index (χ2n) is 4.24. The van der Waals surface area contributed by atoms with Gasteiger partial charge in [-0.05, 0) is 32.4 Å². The van der Waals surface area contributed by atoms with Gasteiger partial charge in [-0.1, -0.05) is 0 Å². The Labute approximate surface area is 104 Å². The van der Waals surface area contributed by atoms with E-state index >= 15 is 0 Å². The fourth-order valence-corrected chi connectivity index (χ4v) is 1.10. The molecule has 1 aromatic rings. The van der Waals surface area contributed by atoms with Crippen LogP contribution in [-0.4, -0.2) is 33.7 Å². The molecule has 0 unspecified atom stereocenters. The fourth-order valence-electron chi connectivity index (χ4n) is 0.940. The van der Waals surface area contributed by atoms with Crippen LogP contribution in [-0.2, 0) is 4.74 Å². The third-order valence-electron chi connectivity index (χ3n) is 1.49. The third kappa shape index (κ3) is 4.81. The van der Waals surface area contributed by atoms with Crippen molar-refractivity contribution in [2.75, 3.05) is 17.7 Å². The molecule has 0 radical (unpaired) electrons. The molecule has 8 heteroatoms. The van der Waals surface area contributed by atoms with E-state index in [2.05, 4.69) is 30.3 Å². The largest absolute Gasteiger partial charge is 0.453 e. The number of carbonyl (C=O) groups is 1. The van der Waals surface area contributed by atoms with Crippen molar-refractivity contribution in [2.24, 2.45) is 0 Å². The van der Waals surface area contributed by atoms with Crippen molar-refractivity contribution in [2.45, 2.75) is 26.3 Å². The summed E-state index contributed by atoms with van der Waals surface area (Å²) >= 11 is 5.71. The van der Waals surface area contributed by atoms with Crippen LogP contribution in [0.15, 0.2) is 0 Å². The van der Waals surface area contributed by atoms with E-state index in [-0.39, 0.29) is 22.7 Å². The summed E-state index contributed by atoms with van der Waals surface area (Å²) in [6.07, 6.45) is -0.672. The summed E-state index contributed by atoms with van der Waals surface area (Å²) in [7, 11) is 1.24. The normalized spacial score (nSPS) is 10.9. The van der Waals surface area contributed by atoms with E-state index in [0.29, 0.717) is 0 Å². The Bertz CT molecular complexity index is 418. The molecule has 0 saturated carbocycles. The number of rotatable bonds is 2. The molecule has 1 amide bonds. The number of hydrogen-bond donors (Lipinski definition) is 2. The number of anilines is 2. The molecule has 1 heterocycles. The standard InChI is InChI=1S/C9H14ClN5O2/c1-9(2,3)15-7-12-5(10)11-6(13-7)14-8(16)17-4/h1-4H3,(H2,11,12,13,14,15,16). The van der Waals surface area contributed by atoms with Gasteiger partial charge in [-0.2, -0.15) is 15.0 Å². The van der Waals surface area contributed by atoms with Crippen molar-refractivity contribution in [3.05, 3.63) is 5.28 Å². The molecule has 0 saturated heterocycles. The lowest BCUT2D eigenvalue weighted by Crippen LogP contribution is -2.28. The maximum Gasteiger partial charge on any atom is 0.413 e. The summed E-state index contributed by atoms with van der Waals surface area (Å²) in [5, 5.41) is 5.31. The molecule has 1 aromatic heterocycles. The quantitative estimate of drug-likeness (QED) is 0.843. The van der Waals surface area contributed by atoms with Gasteiger partial charge in [0.25, 0.3) is 0 Å². The lowest BCUT2D eigenvalue weighted by molar-refractivity contribution is 0.186. The van der Waals surface area contributed by atoms with E-state index in [4.69, 9.17) is 11.6 Å². The first kappa shape index (κ1) is 13.4. The van der Waals surface area contributed by atoms with Crippen molar-refractivity contribution in [3.63, 3.8) is 0 Å². The SMILES string of the molecule is COC(=O)Nc1nc(Cl)nc(NC(C)(C)C)n1. The van der Waals surface area contributed by atoms with E-state index in [1.54, 1.807) is 0 Å². The number of halogens is 1. The highest BCUT2D eigenvalue weighted by molar-refractivity contribution is 6.28. The number of carbonyl (C=O) groups excluding carboxylic acids is 1. The van der Waals surface area contributed by atoms with E-state index in [1.165, 1.54) is 7.11 Å². The number of nitrogens with zero attached hydrogens (tertiary/aromatic N) is 3. The minimum Gasteiger partial charge on any atom is -0.453 e. The lowest BCUT2D eigenvalue weighted by Gasteiger charge is -2.20. The number of methoxy groups -OCH3 is 1. The molecule has 94 valence electrons. The van der Waals surface area contributed by atoms with Crippen LogP contribution >= 0.6 is 11.6 Å². The number of hydrogen-bond acceptors (Lipinski definition) is 6. The summed E-state index contributed by atoms with van der Waals surface area (Å²) in [5.41, 5.74) is -0.229. The molecule has 0 bridgehead atoms. The summed E-state index contributed by atoms with van der Waals surface area (Å²) in [6, 6.07) is 0. The second-order valence-corrected chi connectivity index (χ2v) is 4.58. The zero-order valence-electron chi connectivity index (χ0n) is 10.0. The van der Waals surface area contributed by atoms with Gasteiger partial charge >= 0.3 is 6.09 Å². The monoisotopic (exact) mass is 259 g/mol. The van der Waals surface area contributed by atoms with Gasteiger partial charge in [0.05, 0.1) is 7.11 Å². The average Bonchev–Trinajstić information content (AvgIpc) is 2.13. The molecule has 0 spiro atoms. The average molecular weight is 260 g/mol. The van der Waals surface area contributed by atoms with E-state index in [1.807, 2.05) is 20.8 Å². The molecule has 0 aromatic carbocycles. The number of aromatic nitrogens is 3. The van der Waals surface area contributed by atoms with E-state index < -0.39 is 6.09 Å². The Morgan fingerprint density at radius 3 is 2.35 bits per heavy atom. The lowest BCUT2D eigenvalue weighted by atomic mass is 10.1. The highest BCUT2D eigenvalue weighted by atomic mass is 35.5. The topological polar surface area (TPSA) is 89.0 Å².